The summed E-state index contributed by atoms with van der Waals surface area (Å²) < 4.78 is 5.44. The Morgan fingerprint density at radius 2 is 2.11 bits per heavy atom. The third kappa shape index (κ3) is 2.22. The standard InChI is InChI=1S/C14H14N4O/c1-19-13-7-6-10-4-2-3-5-11(10)12(13)8-15-14-16-9-17-18-14/h2-7,9H,8H2,1H3,(H2,15,16,17,18). The van der Waals surface area contributed by atoms with Crippen LogP contribution >= 0.6 is 0 Å². The average molecular weight is 254 g/mol. The number of nitrogens with zero attached hydrogens (tertiary/aromatic N) is 2. The number of fused-ring (bicyclic) bond motifs is 1. The van der Waals surface area contributed by atoms with Gasteiger partial charge in [0.05, 0.1) is 7.11 Å². The van der Waals surface area contributed by atoms with Crippen molar-refractivity contribution in [3.05, 3.63) is 48.3 Å². The molecule has 2 aromatic carbocycles. The summed E-state index contributed by atoms with van der Waals surface area (Å²) in [6, 6.07) is 12.3. The van der Waals surface area contributed by atoms with Gasteiger partial charge in [0.1, 0.15) is 12.1 Å². The first-order valence-electron chi connectivity index (χ1n) is 6.02. The minimum Gasteiger partial charge on any atom is -0.496 e. The van der Waals surface area contributed by atoms with E-state index in [0.717, 1.165) is 11.3 Å². The lowest BCUT2D eigenvalue weighted by molar-refractivity contribution is 0.411. The van der Waals surface area contributed by atoms with E-state index in [1.165, 1.54) is 17.1 Å². The Bertz CT molecular complexity index is 679. The predicted molar refractivity (Wildman–Crippen MR) is 74.2 cm³/mol. The highest BCUT2D eigenvalue weighted by Crippen LogP contribution is 2.28. The van der Waals surface area contributed by atoms with Gasteiger partial charge in [0, 0.05) is 12.1 Å². The Morgan fingerprint density at radius 1 is 1.21 bits per heavy atom. The van der Waals surface area contributed by atoms with Crippen molar-refractivity contribution in [1.82, 2.24) is 15.2 Å². The van der Waals surface area contributed by atoms with Gasteiger partial charge in [-0.15, -0.1) is 0 Å². The smallest absolute Gasteiger partial charge is 0.218 e. The molecule has 5 nitrogen and oxygen atoms in total. The summed E-state index contributed by atoms with van der Waals surface area (Å²) in [7, 11) is 1.68. The fraction of sp³-hybridized carbons (Fsp3) is 0.143. The molecule has 19 heavy (non-hydrogen) atoms. The Labute approximate surface area is 110 Å². The van der Waals surface area contributed by atoms with Gasteiger partial charge < -0.3 is 10.1 Å². The number of nitrogens with one attached hydrogen (secondary N) is 2. The largest absolute Gasteiger partial charge is 0.496 e. The number of aromatic nitrogens is 3. The highest BCUT2D eigenvalue weighted by molar-refractivity contribution is 5.87. The first-order chi connectivity index (χ1) is 9.38. The number of H-pyrrole nitrogens is 1. The number of benzene rings is 2. The molecule has 1 aromatic heterocycles. The zero-order chi connectivity index (χ0) is 13.1. The molecule has 3 aromatic rings. The van der Waals surface area contributed by atoms with Gasteiger partial charge in [0.25, 0.3) is 0 Å². The number of anilines is 1. The molecule has 0 fully saturated rings. The first kappa shape index (κ1) is 11.5. The second kappa shape index (κ2) is 4.97. The quantitative estimate of drug-likeness (QED) is 0.751. The Kier molecular flexibility index (Phi) is 3.02. The molecule has 0 atom stereocenters. The molecule has 1 heterocycles. The number of methoxy groups -OCH3 is 1. The van der Waals surface area contributed by atoms with Crippen LogP contribution < -0.4 is 10.1 Å². The lowest BCUT2D eigenvalue weighted by atomic mass is 10.0. The van der Waals surface area contributed by atoms with Gasteiger partial charge in [-0.25, -0.2) is 10.1 Å². The topological polar surface area (TPSA) is 62.8 Å². The summed E-state index contributed by atoms with van der Waals surface area (Å²) in [4.78, 5) is 4.05. The van der Waals surface area contributed by atoms with Crippen LogP contribution in [-0.2, 0) is 6.54 Å². The van der Waals surface area contributed by atoms with Crippen molar-refractivity contribution in [2.75, 3.05) is 12.4 Å². The fourth-order valence-electron chi connectivity index (χ4n) is 2.15. The maximum Gasteiger partial charge on any atom is 0.218 e. The van der Waals surface area contributed by atoms with Crippen molar-refractivity contribution in [1.29, 1.82) is 0 Å². The third-order valence-corrected chi connectivity index (χ3v) is 3.07. The van der Waals surface area contributed by atoms with Crippen LogP contribution in [0.1, 0.15) is 5.56 Å². The SMILES string of the molecule is COc1ccc2ccccc2c1CNc1ncn[nH]1. The minimum absolute atomic E-state index is 0.625. The minimum atomic E-state index is 0.625. The molecule has 0 radical (unpaired) electrons. The average Bonchev–Trinajstić information content (AvgIpc) is 2.97. The molecule has 0 aliphatic heterocycles. The lowest BCUT2D eigenvalue weighted by Gasteiger charge is -2.12. The molecule has 0 unspecified atom stereocenters. The predicted octanol–water partition coefficient (Wildman–Crippen LogP) is 2.58. The zero-order valence-corrected chi connectivity index (χ0v) is 10.6. The molecule has 2 N–H and O–H groups in total. The monoisotopic (exact) mass is 254 g/mol. The van der Waals surface area contributed by atoms with Gasteiger partial charge in [-0.1, -0.05) is 30.3 Å². The Morgan fingerprint density at radius 3 is 2.89 bits per heavy atom. The van der Waals surface area contributed by atoms with E-state index >= 15 is 0 Å². The summed E-state index contributed by atoms with van der Waals surface area (Å²) in [6.45, 7) is 0.625. The molecule has 0 aliphatic carbocycles. The van der Waals surface area contributed by atoms with E-state index < -0.39 is 0 Å². The summed E-state index contributed by atoms with van der Waals surface area (Å²) in [5, 5.41) is 12.2. The maximum atomic E-state index is 5.44. The number of rotatable bonds is 4. The van der Waals surface area contributed by atoms with Gasteiger partial charge >= 0.3 is 0 Å². The number of aromatic amines is 1. The molecule has 0 saturated carbocycles. The van der Waals surface area contributed by atoms with Crippen molar-refractivity contribution < 1.29 is 4.74 Å². The zero-order valence-electron chi connectivity index (χ0n) is 10.6. The molecule has 5 heteroatoms. The molecular weight excluding hydrogens is 240 g/mol. The van der Waals surface area contributed by atoms with Crippen molar-refractivity contribution in [3.8, 4) is 5.75 Å². The molecule has 96 valence electrons. The van der Waals surface area contributed by atoms with Crippen LogP contribution in [0.15, 0.2) is 42.7 Å². The second-order valence-corrected chi connectivity index (χ2v) is 4.16. The first-order valence-corrected chi connectivity index (χ1v) is 6.02. The van der Waals surface area contributed by atoms with E-state index in [9.17, 15) is 0 Å². The molecule has 0 bridgehead atoms. The van der Waals surface area contributed by atoms with E-state index in [1.54, 1.807) is 7.11 Å². The highest BCUT2D eigenvalue weighted by atomic mass is 16.5. The summed E-state index contributed by atoms with van der Waals surface area (Å²) in [5.41, 5.74) is 1.11. The van der Waals surface area contributed by atoms with Crippen LogP contribution in [0.25, 0.3) is 10.8 Å². The van der Waals surface area contributed by atoms with Crippen molar-refractivity contribution >= 4 is 16.7 Å². The van der Waals surface area contributed by atoms with E-state index in [0.29, 0.717) is 12.5 Å². The molecule has 0 saturated heterocycles. The van der Waals surface area contributed by atoms with Gasteiger partial charge in [-0.2, -0.15) is 5.10 Å². The third-order valence-electron chi connectivity index (χ3n) is 3.07. The Balaban J connectivity index is 1.99. The van der Waals surface area contributed by atoms with Crippen LogP contribution in [0.4, 0.5) is 5.95 Å². The number of ether oxygens (including phenoxy) is 1. The van der Waals surface area contributed by atoms with Crippen LogP contribution in [-0.4, -0.2) is 22.3 Å². The molecule has 0 amide bonds. The molecular formula is C14H14N4O. The van der Waals surface area contributed by atoms with Gasteiger partial charge in [0.2, 0.25) is 5.95 Å². The van der Waals surface area contributed by atoms with Gasteiger partial charge in [-0.05, 0) is 16.8 Å². The van der Waals surface area contributed by atoms with E-state index in [4.69, 9.17) is 4.74 Å². The summed E-state index contributed by atoms with van der Waals surface area (Å²) in [5.74, 6) is 1.51. The number of hydrogen-bond acceptors (Lipinski definition) is 4. The Hall–Kier alpha value is -2.56. The molecule has 0 spiro atoms. The lowest BCUT2D eigenvalue weighted by Crippen LogP contribution is -2.03. The van der Waals surface area contributed by atoms with Crippen molar-refractivity contribution in [2.45, 2.75) is 6.54 Å². The van der Waals surface area contributed by atoms with Crippen LogP contribution in [0.5, 0.6) is 5.75 Å². The van der Waals surface area contributed by atoms with Crippen molar-refractivity contribution in [2.24, 2.45) is 0 Å². The van der Waals surface area contributed by atoms with E-state index in [2.05, 4.69) is 38.7 Å². The van der Waals surface area contributed by atoms with Gasteiger partial charge in [0.15, 0.2) is 0 Å². The van der Waals surface area contributed by atoms with Crippen molar-refractivity contribution in [3.63, 3.8) is 0 Å². The molecule has 0 aliphatic rings. The van der Waals surface area contributed by atoms with Gasteiger partial charge in [-0.3, -0.25) is 0 Å². The second-order valence-electron chi connectivity index (χ2n) is 4.16. The van der Waals surface area contributed by atoms with E-state index in [1.807, 2.05) is 18.2 Å². The normalized spacial score (nSPS) is 10.6. The van der Waals surface area contributed by atoms with Crippen LogP contribution in [0, 0.1) is 0 Å². The summed E-state index contributed by atoms with van der Waals surface area (Å²) >= 11 is 0. The van der Waals surface area contributed by atoms with E-state index in [-0.39, 0.29) is 0 Å². The fourth-order valence-corrected chi connectivity index (χ4v) is 2.15. The van der Waals surface area contributed by atoms with Crippen LogP contribution in [0.3, 0.4) is 0 Å². The van der Waals surface area contributed by atoms with Crippen LogP contribution in [0.2, 0.25) is 0 Å². The maximum absolute atomic E-state index is 5.44. The highest BCUT2D eigenvalue weighted by Gasteiger charge is 2.08. The summed E-state index contributed by atoms with van der Waals surface area (Å²) in [6.07, 6.45) is 1.47. The number of hydrogen-bond donors (Lipinski definition) is 2. The molecule has 3 rings (SSSR count).